The first kappa shape index (κ1) is 13.6. The van der Waals surface area contributed by atoms with Crippen LogP contribution in [0.5, 0.6) is 0 Å². The van der Waals surface area contributed by atoms with Crippen LogP contribution in [0.15, 0.2) is 35.7 Å². The van der Waals surface area contributed by atoms with E-state index in [4.69, 9.17) is 4.43 Å². The van der Waals surface area contributed by atoms with Gasteiger partial charge in [0.1, 0.15) is 11.6 Å². The number of nitrogens with zero attached hydrogens (tertiary/aromatic N) is 1. The highest BCUT2D eigenvalue weighted by Crippen LogP contribution is 2.11. The number of rotatable bonds is 4. The van der Waals surface area contributed by atoms with Crippen LogP contribution in [0.2, 0.25) is 19.6 Å². The van der Waals surface area contributed by atoms with Crippen molar-refractivity contribution in [3.63, 3.8) is 0 Å². The van der Waals surface area contributed by atoms with E-state index in [1.807, 2.05) is 19.6 Å². The van der Waals surface area contributed by atoms with Crippen molar-refractivity contribution in [2.24, 2.45) is 4.99 Å². The standard InChI is InChI=1S/C12H15F2NOSi/c1-9(16-17(2,3)4)15-8-10-5-6-11(13)7-12(10)14/h5-8H,1H2,2-4H3/b15-8+. The van der Waals surface area contributed by atoms with Crippen molar-refractivity contribution >= 4 is 14.5 Å². The van der Waals surface area contributed by atoms with Gasteiger partial charge < -0.3 is 4.43 Å². The van der Waals surface area contributed by atoms with E-state index < -0.39 is 20.0 Å². The summed E-state index contributed by atoms with van der Waals surface area (Å²) in [6, 6.07) is 3.30. The number of halogens is 2. The fraction of sp³-hybridized carbons (Fsp3) is 0.250. The maximum Gasteiger partial charge on any atom is 0.244 e. The molecule has 0 unspecified atom stereocenters. The van der Waals surface area contributed by atoms with E-state index in [0.717, 1.165) is 6.07 Å². The summed E-state index contributed by atoms with van der Waals surface area (Å²) in [6.07, 6.45) is 1.28. The zero-order valence-corrected chi connectivity index (χ0v) is 11.1. The van der Waals surface area contributed by atoms with E-state index in [1.54, 1.807) is 0 Å². The Morgan fingerprint density at radius 1 is 1.35 bits per heavy atom. The molecule has 92 valence electrons. The molecule has 0 saturated heterocycles. The van der Waals surface area contributed by atoms with Gasteiger partial charge in [-0.2, -0.15) is 0 Å². The molecule has 0 aliphatic carbocycles. The number of hydrogen-bond acceptors (Lipinski definition) is 2. The number of hydrogen-bond donors (Lipinski definition) is 0. The third kappa shape index (κ3) is 4.91. The Labute approximate surface area is 101 Å². The highest BCUT2D eigenvalue weighted by molar-refractivity contribution is 6.70. The zero-order valence-electron chi connectivity index (χ0n) is 10.1. The Morgan fingerprint density at radius 3 is 2.53 bits per heavy atom. The van der Waals surface area contributed by atoms with Gasteiger partial charge in [-0.05, 0) is 38.4 Å². The van der Waals surface area contributed by atoms with Crippen LogP contribution in [0.1, 0.15) is 5.56 Å². The van der Waals surface area contributed by atoms with Gasteiger partial charge in [-0.15, -0.1) is 0 Å². The summed E-state index contributed by atoms with van der Waals surface area (Å²) < 4.78 is 31.4. The lowest BCUT2D eigenvalue weighted by atomic mass is 10.2. The fourth-order valence-corrected chi connectivity index (χ4v) is 1.89. The molecule has 0 N–H and O–H groups in total. The first-order valence-electron chi connectivity index (χ1n) is 5.15. The molecule has 0 aliphatic heterocycles. The van der Waals surface area contributed by atoms with Gasteiger partial charge in [0.25, 0.3) is 0 Å². The summed E-state index contributed by atoms with van der Waals surface area (Å²) in [5, 5.41) is 0. The van der Waals surface area contributed by atoms with E-state index in [9.17, 15) is 8.78 Å². The molecule has 1 rings (SSSR count). The third-order valence-electron chi connectivity index (χ3n) is 1.73. The lowest BCUT2D eigenvalue weighted by Gasteiger charge is -2.17. The van der Waals surface area contributed by atoms with Crippen molar-refractivity contribution in [1.82, 2.24) is 0 Å². The molecule has 0 saturated carbocycles. The number of aliphatic imine (C=N–C) groups is 1. The van der Waals surface area contributed by atoms with Crippen molar-refractivity contribution < 1.29 is 13.2 Å². The van der Waals surface area contributed by atoms with Crippen LogP contribution >= 0.6 is 0 Å². The molecule has 0 amide bonds. The Bertz CT molecular complexity index is 452. The van der Waals surface area contributed by atoms with Crippen LogP contribution in [0.25, 0.3) is 0 Å². The van der Waals surface area contributed by atoms with E-state index in [-0.39, 0.29) is 11.4 Å². The second-order valence-electron chi connectivity index (χ2n) is 4.53. The molecule has 0 radical (unpaired) electrons. The minimum Gasteiger partial charge on any atom is -0.532 e. The molecule has 1 aromatic rings. The summed E-state index contributed by atoms with van der Waals surface area (Å²) in [5.41, 5.74) is 0.201. The normalized spacial score (nSPS) is 11.8. The molecule has 5 heteroatoms. The third-order valence-corrected chi connectivity index (χ3v) is 2.58. The summed E-state index contributed by atoms with van der Waals surface area (Å²) in [7, 11) is -1.75. The molecule has 0 aliphatic rings. The minimum atomic E-state index is -1.75. The van der Waals surface area contributed by atoms with Gasteiger partial charge >= 0.3 is 0 Å². The van der Waals surface area contributed by atoms with Gasteiger partial charge in [0.15, 0.2) is 5.88 Å². The molecule has 0 heterocycles. The fourth-order valence-electron chi connectivity index (χ4n) is 1.13. The maximum atomic E-state index is 13.2. The largest absolute Gasteiger partial charge is 0.532 e. The Kier molecular flexibility index (Phi) is 4.17. The predicted octanol–water partition coefficient (Wildman–Crippen LogP) is 3.71. The van der Waals surface area contributed by atoms with Crippen LogP contribution in [-0.2, 0) is 4.43 Å². The van der Waals surface area contributed by atoms with Crippen molar-refractivity contribution in [1.29, 1.82) is 0 Å². The minimum absolute atomic E-state index is 0.201. The molecular weight excluding hydrogens is 240 g/mol. The molecule has 0 spiro atoms. The van der Waals surface area contributed by atoms with Gasteiger partial charge in [0.05, 0.1) is 0 Å². The SMILES string of the molecule is C=C(/N=C/c1ccc(F)cc1F)O[Si](C)(C)C. The van der Waals surface area contributed by atoms with Gasteiger partial charge in [-0.25, -0.2) is 13.8 Å². The summed E-state index contributed by atoms with van der Waals surface area (Å²) >= 11 is 0. The van der Waals surface area contributed by atoms with Crippen molar-refractivity contribution in [2.45, 2.75) is 19.6 Å². The highest BCUT2D eigenvalue weighted by atomic mass is 28.4. The molecular formula is C12H15F2NOSi. The predicted molar refractivity (Wildman–Crippen MR) is 67.5 cm³/mol. The maximum absolute atomic E-state index is 13.2. The Balaban J connectivity index is 2.74. The van der Waals surface area contributed by atoms with Crippen LogP contribution in [0.4, 0.5) is 8.78 Å². The first-order chi connectivity index (χ1) is 7.78. The molecule has 17 heavy (non-hydrogen) atoms. The van der Waals surface area contributed by atoms with Crippen LogP contribution < -0.4 is 0 Å². The quantitative estimate of drug-likeness (QED) is 0.456. The average molecular weight is 255 g/mol. The topological polar surface area (TPSA) is 21.6 Å². The van der Waals surface area contributed by atoms with Crippen LogP contribution in [0, 0.1) is 11.6 Å². The smallest absolute Gasteiger partial charge is 0.244 e. The van der Waals surface area contributed by atoms with Crippen molar-refractivity contribution in [2.75, 3.05) is 0 Å². The lowest BCUT2D eigenvalue weighted by Crippen LogP contribution is -2.24. The van der Waals surface area contributed by atoms with Gasteiger partial charge in [0.2, 0.25) is 8.32 Å². The van der Waals surface area contributed by atoms with Crippen LogP contribution in [-0.4, -0.2) is 14.5 Å². The van der Waals surface area contributed by atoms with Crippen molar-refractivity contribution in [3.8, 4) is 0 Å². The van der Waals surface area contributed by atoms with E-state index in [2.05, 4.69) is 11.6 Å². The van der Waals surface area contributed by atoms with Gasteiger partial charge in [-0.1, -0.05) is 0 Å². The Morgan fingerprint density at radius 2 is 2.00 bits per heavy atom. The molecule has 0 aromatic heterocycles. The zero-order chi connectivity index (χ0) is 13.1. The second kappa shape index (κ2) is 5.22. The van der Waals surface area contributed by atoms with E-state index in [1.165, 1.54) is 18.3 Å². The lowest BCUT2D eigenvalue weighted by molar-refractivity contribution is 0.421. The number of benzene rings is 1. The van der Waals surface area contributed by atoms with Crippen LogP contribution in [0.3, 0.4) is 0 Å². The van der Waals surface area contributed by atoms with Gasteiger partial charge in [0, 0.05) is 17.8 Å². The first-order valence-corrected chi connectivity index (χ1v) is 8.56. The van der Waals surface area contributed by atoms with Gasteiger partial charge in [-0.3, -0.25) is 0 Å². The van der Waals surface area contributed by atoms with E-state index in [0.29, 0.717) is 0 Å². The summed E-state index contributed by atoms with van der Waals surface area (Å²) in [5.74, 6) is -1.03. The molecule has 1 aromatic carbocycles. The average Bonchev–Trinajstić information content (AvgIpc) is 2.13. The molecule has 0 atom stereocenters. The van der Waals surface area contributed by atoms with Crippen molar-refractivity contribution in [3.05, 3.63) is 47.9 Å². The second-order valence-corrected chi connectivity index (χ2v) is 8.96. The molecule has 0 fully saturated rings. The highest BCUT2D eigenvalue weighted by Gasteiger charge is 2.16. The molecule has 0 bridgehead atoms. The summed E-state index contributed by atoms with van der Waals surface area (Å²) in [6.45, 7) is 9.60. The summed E-state index contributed by atoms with van der Waals surface area (Å²) in [4.78, 5) is 3.90. The Hall–Kier alpha value is -1.49. The van der Waals surface area contributed by atoms with E-state index >= 15 is 0 Å². The molecule has 2 nitrogen and oxygen atoms in total. The monoisotopic (exact) mass is 255 g/mol.